The first-order valence-electron chi connectivity index (χ1n) is 3.97. The number of fused-ring (bicyclic) bond motifs is 1. The molecule has 3 nitrogen and oxygen atoms in total. The molecule has 0 bridgehead atoms. The second kappa shape index (κ2) is 3.23. The molecule has 1 aromatic heterocycles. The number of aldehydes is 1. The largest absolute Gasteiger partial charge is 0.299 e. The molecule has 1 N–H and O–H groups in total. The number of aromatic amines is 1. The second-order valence-electron chi connectivity index (χ2n) is 2.65. The molecule has 0 fully saturated rings. The van der Waals surface area contributed by atoms with Crippen molar-refractivity contribution in [3.63, 3.8) is 0 Å². The first-order valence-corrected chi connectivity index (χ1v) is 3.97. The Balaban J connectivity index is 2.57. The quantitative estimate of drug-likeness (QED) is 0.554. The van der Waals surface area contributed by atoms with E-state index < -0.39 is 0 Å². The summed E-state index contributed by atoms with van der Waals surface area (Å²) in [5, 5.41) is 7.96. The molecule has 0 atom stereocenters. The molecule has 0 radical (unpaired) electrons. The van der Waals surface area contributed by atoms with Crippen molar-refractivity contribution in [3.05, 3.63) is 36.0 Å². The van der Waals surface area contributed by atoms with Gasteiger partial charge >= 0.3 is 0 Å². The van der Waals surface area contributed by atoms with Crippen LogP contribution in [0.2, 0.25) is 0 Å². The number of carbonyl (C=O) groups is 1. The number of carbonyl (C=O) groups excluding carboxylic acids is 1. The number of rotatable bonds is 2. The standard InChI is InChI=1S/C10H8N2O/c13-7-3-6-10-8-4-1-2-5-9(8)11-12-10/h1-7H,(H,11,12)/b6-3+. The lowest BCUT2D eigenvalue weighted by atomic mass is 10.2. The van der Waals surface area contributed by atoms with E-state index in [4.69, 9.17) is 0 Å². The van der Waals surface area contributed by atoms with E-state index in [1.807, 2.05) is 24.3 Å². The van der Waals surface area contributed by atoms with E-state index in [-0.39, 0.29) is 0 Å². The second-order valence-corrected chi connectivity index (χ2v) is 2.65. The van der Waals surface area contributed by atoms with E-state index in [2.05, 4.69) is 10.2 Å². The Morgan fingerprint density at radius 1 is 1.31 bits per heavy atom. The summed E-state index contributed by atoms with van der Waals surface area (Å²) < 4.78 is 0. The number of nitrogens with one attached hydrogen (secondary N) is 1. The van der Waals surface area contributed by atoms with Crippen molar-refractivity contribution in [2.24, 2.45) is 0 Å². The van der Waals surface area contributed by atoms with Crippen molar-refractivity contribution in [1.29, 1.82) is 0 Å². The molecule has 1 heterocycles. The van der Waals surface area contributed by atoms with Crippen LogP contribution in [0.25, 0.3) is 17.0 Å². The van der Waals surface area contributed by atoms with E-state index in [0.717, 1.165) is 22.9 Å². The summed E-state index contributed by atoms with van der Waals surface area (Å²) in [5.74, 6) is 0. The van der Waals surface area contributed by atoms with Gasteiger partial charge in [0, 0.05) is 5.39 Å². The molecule has 13 heavy (non-hydrogen) atoms. The molecule has 2 aromatic rings. The minimum Gasteiger partial charge on any atom is -0.299 e. The lowest BCUT2D eigenvalue weighted by molar-refractivity contribution is -0.104. The topological polar surface area (TPSA) is 45.8 Å². The maximum absolute atomic E-state index is 10.1. The molecule has 0 saturated carbocycles. The lowest BCUT2D eigenvalue weighted by Gasteiger charge is -1.86. The number of aromatic nitrogens is 2. The molecular formula is C10H8N2O. The van der Waals surface area contributed by atoms with E-state index in [9.17, 15) is 4.79 Å². The maximum atomic E-state index is 10.1. The van der Waals surface area contributed by atoms with Crippen LogP contribution in [0.3, 0.4) is 0 Å². The molecule has 0 aliphatic rings. The summed E-state index contributed by atoms with van der Waals surface area (Å²) in [6.07, 6.45) is 3.90. The zero-order chi connectivity index (χ0) is 9.10. The van der Waals surface area contributed by atoms with Crippen molar-refractivity contribution in [2.75, 3.05) is 0 Å². The Labute approximate surface area is 75.1 Å². The molecule has 64 valence electrons. The van der Waals surface area contributed by atoms with Crippen molar-refractivity contribution in [2.45, 2.75) is 0 Å². The highest BCUT2D eigenvalue weighted by molar-refractivity contribution is 5.88. The highest BCUT2D eigenvalue weighted by atomic mass is 16.1. The fourth-order valence-electron chi connectivity index (χ4n) is 1.24. The molecule has 0 aliphatic heterocycles. The highest BCUT2D eigenvalue weighted by Gasteiger charge is 1.99. The van der Waals surface area contributed by atoms with Crippen LogP contribution in [0.5, 0.6) is 0 Å². The minimum absolute atomic E-state index is 0.746. The summed E-state index contributed by atoms with van der Waals surface area (Å²) >= 11 is 0. The van der Waals surface area contributed by atoms with Gasteiger partial charge in [-0.2, -0.15) is 5.10 Å². The molecule has 2 rings (SSSR count). The SMILES string of the molecule is O=C/C=C/c1[nH]nc2ccccc12. The summed E-state index contributed by atoms with van der Waals surface area (Å²) in [7, 11) is 0. The Kier molecular flexibility index (Phi) is 1.92. The average Bonchev–Trinajstić information content (AvgIpc) is 2.58. The van der Waals surface area contributed by atoms with Crippen LogP contribution in [0.4, 0.5) is 0 Å². The van der Waals surface area contributed by atoms with Crippen LogP contribution in [0.15, 0.2) is 30.3 Å². The van der Waals surface area contributed by atoms with Crippen LogP contribution >= 0.6 is 0 Å². The number of para-hydroxylation sites is 1. The Hall–Kier alpha value is -1.90. The molecule has 0 spiro atoms. The molecular weight excluding hydrogens is 164 g/mol. The van der Waals surface area contributed by atoms with Crippen molar-refractivity contribution in [3.8, 4) is 0 Å². The minimum atomic E-state index is 0.746. The van der Waals surface area contributed by atoms with Crippen LogP contribution in [0, 0.1) is 0 Å². The summed E-state index contributed by atoms with van der Waals surface area (Å²) in [4.78, 5) is 10.1. The van der Waals surface area contributed by atoms with Gasteiger partial charge in [-0.15, -0.1) is 0 Å². The number of nitrogens with zero attached hydrogens (tertiary/aromatic N) is 1. The number of hydrogen-bond acceptors (Lipinski definition) is 2. The number of allylic oxidation sites excluding steroid dienone is 1. The predicted octanol–water partition coefficient (Wildman–Crippen LogP) is 1.77. The maximum Gasteiger partial charge on any atom is 0.142 e. The normalized spacial score (nSPS) is 11.1. The fourth-order valence-corrected chi connectivity index (χ4v) is 1.24. The van der Waals surface area contributed by atoms with Gasteiger partial charge in [-0.3, -0.25) is 9.89 Å². The van der Waals surface area contributed by atoms with Gasteiger partial charge in [-0.25, -0.2) is 0 Å². The number of H-pyrrole nitrogens is 1. The summed E-state index contributed by atoms with van der Waals surface area (Å²) in [6.45, 7) is 0. The van der Waals surface area contributed by atoms with Crippen LogP contribution in [-0.4, -0.2) is 16.5 Å². The molecule has 0 unspecified atom stereocenters. The van der Waals surface area contributed by atoms with E-state index >= 15 is 0 Å². The van der Waals surface area contributed by atoms with E-state index in [1.165, 1.54) is 6.08 Å². The first-order chi connectivity index (χ1) is 6.42. The number of hydrogen-bond donors (Lipinski definition) is 1. The van der Waals surface area contributed by atoms with Gasteiger partial charge in [0.25, 0.3) is 0 Å². The van der Waals surface area contributed by atoms with E-state index in [1.54, 1.807) is 6.08 Å². The lowest BCUT2D eigenvalue weighted by Crippen LogP contribution is -1.71. The Morgan fingerprint density at radius 3 is 3.00 bits per heavy atom. The third-order valence-corrected chi connectivity index (χ3v) is 1.83. The van der Waals surface area contributed by atoms with E-state index in [0.29, 0.717) is 0 Å². The first kappa shape index (κ1) is 7.73. The van der Waals surface area contributed by atoms with Crippen molar-refractivity contribution in [1.82, 2.24) is 10.2 Å². The van der Waals surface area contributed by atoms with Gasteiger partial charge in [-0.1, -0.05) is 18.2 Å². The fraction of sp³-hybridized carbons (Fsp3) is 0. The molecule has 0 saturated heterocycles. The highest BCUT2D eigenvalue weighted by Crippen LogP contribution is 2.15. The molecule has 3 heteroatoms. The molecule has 0 amide bonds. The van der Waals surface area contributed by atoms with Crippen LogP contribution < -0.4 is 0 Å². The summed E-state index contributed by atoms with van der Waals surface area (Å²) in [6, 6.07) is 7.75. The Bertz CT molecular complexity index is 457. The smallest absolute Gasteiger partial charge is 0.142 e. The van der Waals surface area contributed by atoms with Gasteiger partial charge in [0.05, 0.1) is 11.2 Å². The van der Waals surface area contributed by atoms with Crippen LogP contribution in [-0.2, 0) is 4.79 Å². The zero-order valence-electron chi connectivity index (χ0n) is 6.90. The van der Waals surface area contributed by atoms with Gasteiger partial charge < -0.3 is 0 Å². The third kappa shape index (κ3) is 1.36. The Morgan fingerprint density at radius 2 is 2.15 bits per heavy atom. The molecule has 0 aliphatic carbocycles. The third-order valence-electron chi connectivity index (χ3n) is 1.83. The zero-order valence-corrected chi connectivity index (χ0v) is 6.90. The summed E-state index contributed by atoms with van der Waals surface area (Å²) in [5.41, 5.74) is 1.77. The van der Waals surface area contributed by atoms with Gasteiger partial charge in [0.2, 0.25) is 0 Å². The molecule has 1 aromatic carbocycles. The van der Waals surface area contributed by atoms with Gasteiger partial charge in [0.15, 0.2) is 0 Å². The predicted molar refractivity (Wildman–Crippen MR) is 51.2 cm³/mol. The van der Waals surface area contributed by atoms with Crippen LogP contribution in [0.1, 0.15) is 5.69 Å². The number of benzene rings is 1. The van der Waals surface area contributed by atoms with Crippen molar-refractivity contribution < 1.29 is 4.79 Å². The van der Waals surface area contributed by atoms with Crippen molar-refractivity contribution >= 4 is 23.3 Å². The van der Waals surface area contributed by atoms with Gasteiger partial charge in [-0.05, 0) is 18.2 Å². The van der Waals surface area contributed by atoms with Gasteiger partial charge in [0.1, 0.15) is 6.29 Å². The average molecular weight is 172 g/mol. The monoisotopic (exact) mass is 172 g/mol.